The summed E-state index contributed by atoms with van der Waals surface area (Å²) in [6, 6.07) is 14.9. The number of hydrogen-bond acceptors (Lipinski definition) is 4. The first kappa shape index (κ1) is 24.6. The van der Waals surface area contributed by atoms with Crippen molar-refractivity contribution in [1.29, 1.82) is 0 Å². The maximum absolute atomic E-state index is 13.6. The minimum absolute atomic E-state index is 0.176. The van der Waals surface area contributed by atoms with Crippen LogP contribution in [0.2, 0.25) is 0 Å². The molecule has 2 atom stereocenters. The fourth-order valence-electron chi connectivity index (χ4n) is 5.97. The summed E-state index contributed by atoms with van der Waals surface area (Å²) in [5.74, 6) is 0.135. The number of piperazine rings is 1. The molecule has 3 aliphatic rings. The van der Waals surface area contributed by atoms with Crippen LogP contribution < -0.4 is 0 Å². The number of halogens is 1. The molecular weight excluding hydrogens is 459 g/mol. The van der Waals surface area contributed by atoms with E-state index in [0.29, 0.717) is 12.0 Å². The van der Waals surface area contributed by atoms with Crippen LogP contribution in [-0.4, -0.2) is 90.3 Å². The molecule has 0 radical (unpaired) electrons. The van der Waals surface area contributed by atoms with E-state index in [0.717, 1.165) is 58.8 Å². The third kappa shape index (κ3) is 5.09. The molecule has 7 heteroatoms. The molecule has 2 fully saturated rings. The summed E-state index contributed by atoms with van der Waals surface area (Å²) in [5.41, 5.74) is 4.04. The Labute approximate surface area is 213 Å². The topological polar surface area (TPSA) is 30.0 Å². The number of carbonyl (C=O) groups excluding carboxylic acids is 1. The van der Waals surface area contributed by atoms with Gasteiger partial charge in [0.15, 0.2) is 0 Å². The van der Waals surface area contributed by atoms with Gasteiger partial charge < -0.3 is 9.80 Å². The van der Waals surface area contributed by atoms with Gasteiger partial charge in [-0.3, -0.25) is 9.80 Å². The van der Waals surface area contributed by atoms with Crippen LogP contribution in [0.1, 0.15) is 48.9 Å². The van der Waals surface area contributed by atoms with Crippen molar-refractivity contribution < 1.29 is 9.18 Å². The van der Waals surface area contributed by atoms with Crippen molar-refractivity contribution in [2.75, 3.05) is 58.6 Å². The molecule has 2 saturated heterocycles. The predicted octanol–water partition coefficient (Wildman–Crippen LogP) is 4.89. The molecule has 2 heterocycles. The van der Waals surface area contributed by atoms with Gasteiger partial charge in [0.25, 0.3) is 0 Å². The van der Waals surface area contributed by atoms with Crippen molar-refractivity contribution >= 4 is 17.8 Å². The Morgan fingerprint density at radius 1 is 0.943 bits per heavy atom. The zero-order chi connectivity index (χ0) is 24.5. The number of thioether (sulfide) groups is 1. The minimum atomic E-state index is -0.176. The minimum Gasteiger partial charge on any atom is -0.322 e. The lowest BCUT2D eigenvalue weighted by Crippen LogP contribution is -2.49. The first-order valence-corrected chi connectivity index (χ1v) is 14.1. The number of hydrogen-bond donors (Lipinski definition) is 0. The van der Waals surface area contributed by atoms with Gasteiger partial charge in [0, 0.05) is 75.3 Å². The van der Waals surface area contributed by atoms with Crippen molar-refractivity contribution in [3.05, 3.63) is 65.0 Å². The second kappa shape index (κ2) is 10.5. The molecule has 5 nitrogen and oxygen atoms in total. The Kier molecular flexibility index (Phi) is 7.37. The highest BCUT2D eigenvalue weighted by Crippen LogP contribution is 2.47. The van der Waals surface area contributed by atoms with Crippen LogP contribution in [0.3, 0.4) is 0 Å². The van der Waals surface area contributed by atoms with E-state index in [9.17, 15) is 9.18 Å². The lowest BCUT2D eigenvalue weighted by atomic mass is 9.93. The highest BCUT2D eigenvalue weighted by atomic mass is 32.2. The second-order valence-electron chi connectivity index (χ2n) is 10.3. The molecule has 188 valence electrons. The quantitative estimate of drug-likeness (QED) is 0.511. The summed E-state index contributed by atoms with van der Waals surface area (Å²) < 4.78 is 13.6. The van der Waals surface area contributed by atoms with Crippen LogP contribution in [-0.2, 0) is 0 Å². The zero-order valence-electron chi connectivity index (χ0n) is 21.1. The molecule has 0 aromatic heterocycles. The van der Waals surface area contributed by atoms with E-state index >= 15 is 0 Å². The molecule has 5 rings (SSSR count). The summed E-state index contributed by atoms with van der Waals surface area (Å²) >= 11 is 1.78. The van der Waals surface area contributed by atoms with Gasteiger partial charge in [0.1, 0.15) is 5.82 Å². The molecule has 1 aliphatic carbocycles. The largest absolute Gasteiger partial charge is 0.322 e. The van der Waals surface area contributed by atoms with Gasteiger partial charge in [-0.1, -0.05) is 18.2 Å². The first-order valence-electron chi connectivity index (χ1n) is 12.9. The maximum Gasteiger partial charge on any atom is 0.320 e. The predicted molar refractivity (Wildman–Crippen MR) is 141 cm³/mol. The summed E-state index contributed by atoms with van der Waals surface area (Å²) in [7, 11) is 0. The van der Waals surface area contributed by atoms with E-state index in [1.807, 2.05) is 21.9 Å². The van der Waals surface area contributed by atoms with Gasteiger partial charge in [-0.2, -0.15) is 0 Å². The third-order valence-corrected chi connectivity index (χ3v) is 8.77. The van der Waals surface area contributed by atoms with Gasteiger partial charge >= 0.3 is 6.03 Å². The molecule has 0 N–H and O–H groups in total. The van der Waals surface area contributed by atoms with Crippen LogP contribution in [0.4, 0.5) is 9.18 Å². The fourth-order valence-corrected chi connectivity index (χ4v) is 6.42. The van der Waals surface area contributed by atoms with Gasteiger partial charge in [0.05, 0.1) is 0 Å². The second-order valence-corrected chi connectivity index (χ2v) is 11.2. The van der Waals surface area contributed by atoms with E-state index in [2.05, 4.69) is 48.1 Å². The molecule has 2 aromatic rings. The summed E-state index contributed by atoms with van der Waals surface area (Å²) in [6.07, 6.45) is 3.17. The van der Waals surface area contributed by atoms with Gasteiger partial charge in [0.2, 0.25) is 0 Å². The number of fused-ring (bicyclic) bond motifs is 1. The summed E-state index contributed by atoms with van der Waals surface area (Å²) in [4.78, 5) is 23.0. The molecular formula is C28H37FN4OS. The number of urea groups is 1. The van der Waals surface area contributed by atoms with Crippen molar-refractivity contribution in [3.63, 3.8) is 0 Å². The Morgan fingerprint density at radius 2 is 1.69 bits per heavy atom. The number of nitrogens with zero attached hydrogens (tertiary/aromatic N) is 4. The zero-order valence-corrected chi connectivity index (χ0v) is 21.9. The molecule has 0 bridgehead atoms. The standard InChI is InChI=1S/C28H37FN4OS/c1-20(2)33-17-16-32(28(33)34)15-12-30-10-13-31(14-11-30)27-19-25(21-4-6-22(29)7-5-21)26-18-23(35-3)8-9-24(26)27/h4-9,18,20,25,27H,10-17,19H2,1-3H3/t25-,27+/m0/s1. The monoisotopic (exact) mass is 496 g/mol. The Hall–Kier alpha value is -2.09. The molecule has 0 spiro atoms. The van der Waals surface area contributed by atoms with E-state index in [4.69, 9.17) is 0 Å². The molecule has 2 amide bonds. The Bertz CT molecular complexity index is 1040. The van der Waals surface area contributed by atoms with Crippen LogP contribution >= 0.6 is 11.8 Å². The molecule has 0 saturated carbocycles. The van der Waals surface area contributed by atoms with Crippen LogP contribution in [0.5, 0.6) is 0 Å². The number of carbonyl (C=O) groups is 1. The van der Waals surface area contributed by atoms with E-state index in [-0.39, 0.29) is 17.9 Å². The van der Waals surface area contributed by atoms with Crippen molar-refractivity contribution in [2.24, 2.45) is 0 Å². The summed E-state index contributed by atoms with van der Waals surface area (Å²) in [6.45, 7) is 11.8. The smallest absolute Gasteiger partial charge is 0.320 e. The number of rotatable bonds is 7. The van der Waals surface area contributed by atoms with Crippen molar-refractivity contribution in [3.8, 4) is 0 Å². The molecule has 0 unspecified atom stereocenters. The lowest BCUT2D eigenvalue weighted by molar-refractivity contribution is 0.0900. The molecule has 35 heavy (non-hydrogen) atoms. The maximum atomic E-state index is 13.6. The third-order valence-electron chi connectivity index (χ3n) is 8.04. The average molecular weight is 497 g/mol. The van der Waals surface area contributed by atoms with E-state index < -0.39 is 0 Å². The van der Waals surface area contributed by atoms with Crippen molar-refractivity contribution in [2.45, 2.75) is 43.2 Å². The van der Waals surface area contributed by atoms with Crippen LogP contribution in [0, 0.1) is 5.82 Å². The van der Waals surface area contributed by atoms with Crippen LogP contribution in [0.25, 0.3) is 0 Å². The fraction of sp³-hybridized carbons (Fsp3) is 0.536. The van der Waals surface area contributed by atoms with Gasteiger partial charge in [-0.25, -0.2) is 9.18 Å². The molecule has 2 aliphatic heterocycles. The normalized spacial score (nSPS) is 23.5. The average Bonchev–Trinajstić information content (AvgIpc) is 3.43. The Morgan fingerprint density at radius 3 is 2.34 bits per heavy atom. The Balaban J connectivity index is 1.22. The van der Waals surface area contributed by atoms with Gasteiger partial charge in [-0.15, -0.1) is 11.8 Å². The first-order chi connectivity index (χ1) is 16.9. The lowest BCUT2D eigenvalue weighted by Gasteiger charge is -2.39. The highest BCUT2D eigenvalue weighted by Gasteiger charge is 2.37. The van der Waals surface area contributed by atoms with Gasteiger partial charge in [-0.05, 0) is 67.5 Å². The van der Waals surface area contributed by atoms with Crippen LogP contribution in [0.15, 0.2) is 47.4 Å². The molecule has 2 aromatic carbocycles. The highest BCUT2D eigenvalue weighted by molar-refractivity contribution is 7.98. The number of amides is 2. The van der Waals surface area contributed by atoms with Crippen molar-refractivity contribution in [1.82, 2.24) is 19.6 Å². The SMILES string of the molecule is CSc1ccc2c(c1)[C@H](c1ccc(F)cc1)C[C@H]2N1CCN(CCN2CCN(C(C)C)C2=O)CC1. The van der Waals surface area contributed by atoms with E-state index in [1.54, 1.807) is 23.9 Å². The summed E-state index contributed by atoms with van der Waals surface area (Å²) in [5, 5.41) is 0. The van der Waals surface area contributed by atoms with E-state index in [1.165, 1.54) is 21.6 Å². The number of benzene rings is 2.